The van der Waals surface area contributed by atoms with Gasteiger partial charge in [-0.25, -0.2) is 0 Å². The molecule has 0 atom stereocenters. The van der Waals surface area contributed by atoms with Crippen LogP contribution in [0.1, 0.15) is 58.3 Å². The predicted molar refractivity (Wildman–Crippen MR) is 68.0 cm³/mol. The highest BCUT2D eigenvalue weighted by molar-refractivity contribution is 4.83. The molecular formula is C14H26O. The van der Waals surface area contributed by atoms with Crippen molar-refractivity contribution in [2.24, 2.45) is 0 Å². The Morgan fingerprint density at radius 3 is 1.67 bits per heavy atom. The van der Waals surface area contributed by atoms with Gasteiger partial charge >= 0.3 is 0 Å². The molecular weight excluding hydrogens is 184 g/mol. The minimum Gasteiger partial charge on any atom is -0.396 e. The summed E-state index contributed by atoms with van der Waals surface area (Å²) in [7, 11) is 0. The summed E-state index contributed by atoms with van der Waals surface area (Å²) in [5.41, 5.74) is 0. The summed E-state index contributed by atoms with van der Waals surface area (Å²) in [5, 5.41) is 8.57. The minimum absolute atomic E-state index is 0.312. The third-order valence-electron chi connectivity index (χ3n) is 2.31. The molecule has 0 aromatic heterocycles. The Morgan fingerprint density at radius 1 is 0.733 bits per heavy atom. The third kappa shape index (κ3) is 13.4. The summed E-state index contributed by atoms with van der Waals surface area (Å²) >= 11 is 0. The third-order valence-corrected chi connectivity index (χ3v) is 2.31. The molecule has 0 aromatic carbocycles. The van der Waals surface area contributed by atoms with E-state index in [2.05, 4.69) is 31.2 Å². The molecule has 15 heavy (non-hydrogen) atoms. The number of aliphatic hydroxyl groups excluding tert-OH is 1. The largest absolute Gasteiger partial charge is 0.396 e. The Bertz CT molecular complexity index is 159. The maximum absolute atomic E-state index is 8.57. The molecule has 0 radical (unpaired) electrons. The van der Waals surface area contributed by atoms with Crippen LogP contribution >= 0.6 is 0 Å². The second-order valence-electron chi connectivity index (χ2n) is 3.88. The SMILES string of the molecule is CCC/C=C/CCCC/C=C/CCCO. The molecule has 0 saturated carbocycles. The van der Waals surface area contributed by atoms with Crippen LogP contribution in [-0.2, 0) is 0 Å². The zero-order valence-corrected chi connectivity index (χ0v) is 10.1. The summed E-state index contributed by atoms with van der Waals surface area (Å²) < 4.78 is 0. The summed E-state index contributed by atoms with van der Waals surface area (Å²) in [5.74, 6) is 0. The lowest BCUT2D eigenvalue weighted by molar-refractivity contribution is 0.289. The minimum atomic E-state index is 0.312. The second-order valence-corrected chi connectivity index (χ2v) is 3.88. The van der Waals surface area contributed by atoms with Gasteiger partial charge in [0.15, 0.2) is 0 Å². The van der Waals surface area contributed by atoms with Crippen LogP contribution in [0.15, 0.2) is 24.3 Å². The fourth-order valence-electron chi connectivity index (χ4n) is 1.37. The van der Waals surface area contributed by atoms with E-state index in [1.807, 2.05) is 0 Å². The van der Waals surface area contributed by atoms with Crippen molar-refractivity contribution in [3.05, 3.63) is 24.3 Å². The molecule has 0 heterocycles. The molecule has 1 nitrogen and oxygen atoms in total. The van der Waals surface area contributed by atoms with Crippen LogP contribution in [0.4, 0.5) is 0 Å². The van der Waals surface area contributed by atoms with Gasteiger partial charge in [0.1, 0.15) is 0 Å². The Kier molecular flexibility index (Phi) is 12.9. The number of hydrogen-bond donors (Lipinski definition) is 1. The lowest BCUT2D eigenvalue weighted by Crippen LogP contribution is -1.78. The fourth-order valence-corrected chi connectivity index (χ4v) is 1.37. The van der Waals surface area contributed by atoms with Gasteiger partial charge in [-0.15, -0.1) is 0 Å². The van der Waals surface area contributed by atoms with Crippen LogP contribution in [0.2, 0.25) is 0 Å². The molecule has 0 saturated heterocycles. The zero-order chi connectivity index (χ0) is 11.2. The maximum Gasteiger partial charge on any atom is 0.0433 e. The van der Waals surface area contributed by atoms with Gasteiger partial charge in [0, 0.05) is 6.61 Å². The van der Waals surface area contributed by atoms with Crippen molar-refractivity contribution in [3.8, 4) is 0 Å². The first-order valence-electron chi connectivity index (χ1n) is 6.32. The quantitative estimate of drug-likeness (QED) is 0.422. The summed E-state index contributed by atoms with van der Waals surface area (Å²) in [4.78, 5) is 0. The van der Waals surface area contributed by atoms with Crippen LogP contribution in [0, 0.1) is 0 Å². The summed E-state index contributed by atoms with van der Waals surface area (Å²) in [6.45, 7) is 2.52. The highest BCUT2D eigenvalue weighted by atomic mass is 16.2. The predicted octanol–water partition coefficient (Wildman–Crippen LogP) is 4.23. The van der Waals surface area contributed by atoms with Crippen molar-refractivity contribution < 1.29 is 5.11 Å². The van der Waals surface area contributed by atoms with Gasteiger partial charge in [0.25, 0.3) is 0 Å². The molecule has 1 heteroatoms. The van der Waals surface area contributed by atoms with E-state index in [0.717, 1.165) is 12.8 Å². The van der Waals surface area contributed by atoms with Gasteiger partial charge in [-0.3, -0.25) is 0 Å². The monoisotopic (exact) mass is 210 g/mol. The Labute approximate surface area is 94.9 Å². The Morgan fingerprint density at radius 2 is 1.20 bits per heavy atom. The van der Waals surface area contributed by atoms with Crippen molar-refractivity contribution in [1.82, 2.24) is 0 Å². The highest BCUT2D eigenvalue weighted by Gasteiger charge is 1.84. The van der Waals surface area contributed by atoms with Gasteiger partial charge < -0.3 is 5.11 Å². The van der Waals surface area contributed by atoms with Gasteiger partial charge in [0.2, 0.25) is 0 Å². The molecule has 0 unspecified atom stereocenters. The fraction of sp³-hybridized carbons (Fsp3) is 0.714. The van der Waals surface area contributed by atoms with E-state index >= 15 is 0 Å². The van der Waals surface area contributed by atoms with Gasteiger partial charge in [-0.05, 0) is 44.9 Å². The summed E-state index contributed by atoms with van der Waals surface area (Å²) in [6, 6.07) is 0. The van der Waals surface area contributed by atoms with Crippen LogP contribution in [0.5, 0.6) is 0 Å². The molecule has 0 aliphatic heterocycles. The van der Waals surface area contributed by atoms with E-state index in [1.165, 1.54) is 38.5 Å². The van der Waals surface area contributed by atoms with Crippen LogP contribution < -0.4 is 0 Å². The van der Waals surface area contributed by atoms with E-state index in [1.54, 1.807) is 0 Å². The summed E-state index contributed by atoms with van der Waals surface area (Å²) in [6.07, 6.45) is 18.4. The first-order valence-corrected chi connectivity index (χ1v) is 6.32. The van der Waals surface area contributed by atoms with E-state index in [4.69, 9.17) is 5.11 Å². The normalized spacial score (nSPS) is 11.9. The van der Waals surface area contributed by atoms with E-state index in [-0.39, 0.29) is 0 Å². The number of rotatable bonds is 10. The standard InChI is InChI=1S/C14H26O/c1-2-3-4-5-6-7-8-9-10-11-12-13-14-15/h4-5,10-11,15H,2-3,6-9,12-14H2,1H3/b5-4+,11-10+. The Hall–Kier alpha value is -0.560. The van der Waals surface area contributed by atoms with E-state index < -0.39 is 0 Å². The number of hydrogen-bond acceptors (Lipinski definition) is 1. The maximum atomic E-state index is 8.57. The molecule has 0 bridgehead atoms. The molecule has 88 valence electrons. The number of aliphatic hydroxyl groups is 1. The van der Waals surface area contributed by atoms with E-state index in [9.17, 15) is 0 Å². The molecule has 0 fully saturated rings. The van der Waals surface area contributed by atoms with Crippen LogP contribution in [0.25, 0.3) is 0 Å². The van der Waals surface area contributed by atoms with Crippen molar-refractivity contribution in [2.75, 3.05) is 6.61 Å². The highest BCUT2D eigenvalue weighted by Crippen LogP contribution is 2.03. The molecule has 1 N–H and O–H groups in total. The Balaban J connectivity index is 3.07. The van der Waals surface area contributed by atoms with Gasteiger partial charge in [-0.1, -0.05) is 37.6 Å². The number of unbranched alkanes of at least 4 members (excludes halogenated alkanes) is 5. The first-order chi connectivity index (χ1) is 7.41. The second kappa shape index (κ2) is 13.4. The lowest BCUT2D eigenvalue weighted by Gasteiger charge is -1.93. The molecule has 0 aliphatic rings. The van der Waals surface area contributed by atoms with Crippen molar-refractivity contribution in [2.45, 2.75) is 58.3 Å². The van der Waals surface area contributed by atoms with E-state index in [0.29, 0.717) is 6.61 Å². The molecule has 0 amide bonds. The average Bonchev–Trinajstić information content (AvgIpc) is 2.26. The average molecular weight is 210 g/mol. The smallest absolute Gasteiger partial charge is 0.0433 e. The van der Waals surface area contributed by atoms with Crippen molar-refractivity contribution in [1.29, 1.82) is 0 Å². The van der Waals surface area contributed by atoms with Crippen molar-refractivity contribution >= 4 is 0 Å². The van der Waals surface area contributed by atoms with Gasteiger partial charge in [-0.2, -0.15) is 0 Å². The van der Waals surface area contributed by atoms with Crippen molar-refractivity contribution in [3.63, 3.8) is 0 Å². The van der Waals surface area contributed by atoms with Crippen LogP contribution in [0.3, 0.4) is 0 Å². The first kappa shape index (κ1) is 14.4. The molecule has 0 aliphatic carbocycles. The lowest BCUT2D eigenvalue weighted by atomic mass is 10.1. The molecule has 0 aromatic rings. The van der Waals surface area contributed by atoms with Crippen LogP contribution in [-0.4, -0.2) is 11.7 Å². The topological polar surface area (TPSA) is 20.2 Å². The molecule has 0 rings (SSSR count). The van der Waals surface area contributed by atoms with Gasteiger partial charge in [0.05, 0.1) is 0 Å². The molecule has 0 spiro atoms. The number of allylic oxidation sites excluding steroid dienone is 4. The zero-order valence-electron chi connectivity index (χ0n) is 10.1.